The van der Waals surface area contributed by atoms with E-state index < -0.39 is 0 Å². The van der Waals surface area contributed by atoms with E-state index in [9.17, 15) is 0 Å². The Balaban J connectivity index is 1.78. The van der Waals surface area contributed by atoms with E-state index in [0.29, 0.717) is 0 Å². The Kier molecular flexibility index (Phi) is 1.18. The summed E-state index contributed by atoms with van der Waals surface area (Å²) in [7, 11) is 0. The maximum Gasteiger partial charge on any atom is -0.00487 e. The second kappa shape index (κ2) is 2.01. The number of hydrogen-bond donors (Lipinski definition) is 1. The zero-order chi connectivity index (χ0) is 7.42. The molecule has 0 aromatic rings. The van der Waals surface area contributed by atoms with Crippen molar-refractivity contribution in [2.24, 2.45) is 35.3 Å². The molecule has 5 atom stereocenters. The highest BCUT2D eigenvalue weighted by atomic mass is 14.6. The molecule has 0 amide bonds. The Bertz CT molecular complexity index is 162. The van der Waals surface area contributed by atoms with Gasteiger partial charge in [-0.2, -0.15) is 0 Å². The van der Waals surface area contributed by atoms with Gasteiger partial charge in [-0.15, -0.1) is 0 Å². The summed E-state index contributed by atoms with van der Waals surface area (Å²) < 4.78 is 0. The van der Waals surface area contributed by atoms with E-state index in [1.165, 1.54) is 12.8 Å². The van der Waals surface area contributed by atoms with Gasteiger partial charge in [-0.25, -0.2) is 0 Å². The molecular formula is C10H17N. The smallest absolute Gasteiger partial charge is 0.00487 e. The third-order valence-electron chi connectivity index (χ3n) is 4.31. The van der Waals surface area contributed by atoms with Crippen LogP contribution in [-0.4, -0.2) is 6.54 Å². The highest BCUT2D eigenvalue weighted by Gasteiger charge is 2.56. The first kappa shape index (κ1) is 6.47. The molecule has 0 saturated heterocycles. The summed E-state index contributed by atoms with van der Waals surface area (Å²) >= 11 is 0. The monoisotopic (exact) mass is 151 g/mol. The zero-order valence-electron chi connectivity index (χ0n) is 7.00. The van der Waals surface area contributed by atoms with E-state index in [4.69, 9.17) is 5.73 Å². The second-order valence-electron chi connectivity index (χ2n) is 4.89. The predicted octanol–water partition coefficient (Wildman–Crippen LogP) is 1.63. The molecule has 0 radical (unpaired) electrons. The molecule has 62 valence electrons. The van der Waals surface area contributed by atoms with Crippen LogP contribution in [0.25, 0.3) is 0 Å². The molecule has 3 aliphatic rings. The van der Waals surface area contributed by atoms with Crippen molar-refractivity contribution in [1.82, 2.24) is 0 Å². The topological polar surface area (TPSA) is 26.0 Å². The lowest BCUT2D eigenvalue weighted by Gasteiger charge is -2.29. The normalized spacial score (nSPS) is 59.2. The first-order valence-corrected chi connectivity index (χ1v) is 5.08. The molecule has 3 fully saturated rings. The summed E-state index contributed by atoms with van der Waals surface area (Å²) in [6.07, 6.45) is 6.07. The van der Waals surface area contributed by atoms with Crippen molar-refractivity contribution in [2.75, 3.05) is 6.54 Å². The number of nitrogens with two attached hydrogens (primary N) is 1. The number of rotatable bonds is 1. The van der Waals surface area contributed by atoms with Crippen molar-refractivity contribution in [3.8, 4) is 0 Å². The van der Waals surface area contributed by atoms with Crippen LogP contribution in [0.5, 0.6) is 0 Å². The molecule has 0 aliphatic heterocycles. The van der Waals surface area contributed by atoms with Crippen LogP contribution in [0.4, 0.5) is 0 Å². The minimum atomic E-state index is 0.895. The molecule has 0 heterocycles. The lowest BCUT2D eigenvalue weighted by molar-refractivity contribution is 0.227. The fourth-order valence-corrected chi connectivity index (χ4v) is 3.75. The standard InChI is InChI=1S/C10H17N/c11-5-6-1-7-3-8(2-6)10-4-9(7)10/h6-10H,1-5,11H2/t6?,7?,8?,9-,10?/m1/s1. The molecule has 4 unspecified atom stereocenters. The summed E-state index contributed by atoms with van der Waals surface area (Å²) in [5, 5.41) is 0. The van der Waals surface area contributed by atoms with E-state index in [0.717, 1.165) is 36.1 Å². The van der Waals surface area contributed by atoms with Gasteiger partial charge in [-0.1, -0.05) is 0 Å². The summed E-state index contributed by atoms with van der Waals surface area (Å²) in [6.45, 7) is 0.951. The van der Waals surface area contributed by atoms with Crippen LogP contribution in [0, 0.1) is 29.6 Å². The molecule has 11 heavy (non-hydrogen) atoms. The van der Waals surface area contributed by atoms with Gasteiger partial charge in [0.15, 0.2) is 0 Å². The minimum Gasteiger partial charge on any atom is -0.330 e. The maximum atomic E-state index is 5.72. The van der Waals surface area contributed by atoms with Crippen molar-refractivity contribution >= 4 is 0 Å². The largest absolute Gasteiger partial charge is 0.330 e. The van der Waals surface area contributed by atoms with Gasteiger partial charge in [-0.05, 0) is 61.8 Å². The van der Waals surface area contributed by atoms with Crippen LogP contribution in [0.2, 0.25) is 0 Å². The van der Waals surface area contributed by atoms with Crippen molar-refractivity contribution < 1.29 is 0 Å². The van der Waals surface area contributed by atoms with Gasteiger partial charge in [0.25, 0.3) is 0 Å². The molecule has 0 aromatic carbocycles. The Labute approximate surface area is 68.3 Å². The molecule has 0 spiro atoms. The first-order chi connectivity index (χ1) is 5.38. The molecule has 1 heteroatoms. The minimum absolute atomic E-state index is 0.895. The van der Waals surface area contributed by atoms with Crippen LogP contribution in [0.3, 0.4) is 0 Å². The summed E-state index contributed by atoms with van der Waals surface area (Å²) in [5.41, 5.74) is 5.72. The number of hydrogen-bond acceptors (Lipinski definition) is 1. The zero-order valence-corrected chi connectivity index (χ0v) is 7.00. The highest BCUT2D eigenvalue weighted by Crippen LogP contribution is 2.64. The van der Waals surface area contributed by atoms with Crippen molar-refractivity contribution in [1.29, 1.82) is 0 Å². The highest BCUT2D eigenvalue weighted by molar-refractivity contribution is 5.05. The molecule has 2 N–H and O–H groups in total. The van der Waals surface area contributed by atoms with E-state index in [-0.39, 0.29) is 0 Å². The van der Waals surface area contributed by atoms with Crippen molar-refractivity contribution in [3.05, 3.63) is 0 Å². The van der Waals surface area contributed by atoms with Crippen molar-refractivity contribution in [3.63, 3.8) is 0 Å². The third kappa shape index (κ3) is 0.807. The van der Waals surface area contributed by atoms with Crippen LogP contribution in [0.15, 0.2) is 0 Å². The van der Waals surface area contributed by atoms with Crippen LogP contribution < -0.4 is 5.73 Å². The molecule has 3 aliphatic carbocycles. The fraction of sp³-hybridized carbons (Fsp3) is 1.00. The van der Waals surface area contributed by atoms with Gasteiger partial charge < -0.3 is 5.73 Å². The average Bonchev–Trinajstić information content (AvgIpc) is 2.78. The van der Waals surface area contributed by atoms with Gasteiger partial charge in [-0.3, -0.25) is 0 Å². The van der Waals surface area contributed by atoms with Gasteiger partial charge in [0.1, 0.15) is 0 Å². The Morgan fingerprint density at radius 2 is 1.55 bits per heavy atom. The molecule has 3 saturated carbocycles. The lowest BCUT2D eigenvalue weighted by atomic mass is 9.77. The van der Waals surface area contributed by atoms with E-state index in [2.05, 4.69) is 0 Å². The summed E-state index contributed by atoms with van der Waals surface area (Å²) in [5.74, 6) is 5.43. The van der Waals surface area contributed by atoms with E-state index in [1.807, 2.05) is 0 Å². The van der Waals surface area contributed by atoms with Crippen LogP contribution in [0.1, 0.15) is 25.7 Å². The van der Waals surface area contributed by atoms with Gasteiger partial charge in [0.2, 0.25) is 0 Å². The van der Waals surface area contributed by atoms with Gasteiger partial charge in [0, 0.05) is 0 Å². The third-order valence-corrected chi connectivity index (χ3v) is 4.31. The Morgan fingerprint density at radius 3 is 2.09 bits per heavy atom. The van der Waals surface area contributed by atoms with Crippen LogP contribution >= 0.6 is 0 Å². The number of fused-ring (bicyclic) bond motifs is 5. The SMILES string of the molecule is NCC1CC2CC(C1)[C@H]1CC21. The van der Waals surface area contributed by atoms with Crippen molar-refractivity contribution in [2.45, 2.75) is 25.7 Å². The Hall–Kier alpha value is -0.0400. The van der Waals surface area contributed by atoms with Gasteiger partial charge >= 0.3 is 0 Å². The predicted molar refractivity (Wildman–Crippen MR) is 45.0 cm³/mol. The molecule has 0 aromatic heterocycles. The van der Waals surface area contributed by atoms with Gasteiger partial charge in [0.05, 0.1) is 0 Å². The molecule has 2 bridgehead atoms. The first-order valence-electron chi connectivity index (χ1n) is 5.08. The Morgan fingerprint density at radius 1 is 0.909 bits per heavy atom. The quantitative estimate of drug-likeness (QED) is 0.605. The lowest BCUT2D eigenvalue weighted by Crippen LogP contribution is -2.25. The molecule has 1 nitrogen and oxygen atoms in total. The summed E-state index contributed by atoms with van der Waals surface area (Å²) in [4.78, 5) is 0. The van der Waals surface area contributed by atoms with E-state index >= 15 is 0 Å². The fourth-order valence-electron chi connectivity index (χ4n) is 3.75. The van der Waals surface area contributed by atoms with E-state index in [1.54, 1.807) is 12.8 Å². The van der Waals surface area contributed by atoms with Crippen LogP contribution in [-0.2, 0) is 0 Å². The summed E-state index contributed by atoms with van der Waals surface area (Å²) in [6, 6.07) is 0. The average molecular weight is 151 g/mol. The molecular weight excluding hydrogens is 134 g/mol. The second-order valence-corrected chi connectivity index (χ2v) is 4.89. The molecule has 3 rings (SSSR count). The maximum absolute atomic E-state index is 5.72.